The van der Waals surface area contributed by atoms with Crippen molar-refractivity contribution in [3.63, 3.8) is 0 Å². The van der Waals surface area contributed by atoms with Gasteiger partial charge in [0.05, 0.1) is 0 Å². The number of nitrogens with one attached hydrogen (secondary N) is 1. The third-order valence-corrected chi connectivity index (χ3v) is 3.61. The fraction of sp³-hybridized carbons (Fsp3) is 0.571. The van der Waals surface area contributed by atoms with E-state index in [-0.39, 0.29) is 0 Å². The first-order chi connectivity index (χ1) is 7.81. The van der Waals surface area contributed by atoms with Crippen molar-refractivity contribution < 1.29 is 0 Å². The summed E-state index contributed by atoms with van der Waals surface area (Å²) in [6, 6.07) is 11.6. The molecule has 0 saturated carbocycles. The van der Waals surface area contributed by atoms with Gasteiger partial charge in [-0.2, -0.15) is 0 Å². The monoisotopic (exact) mass is 218 g/mol. The Labute approximate surface area is 98.7 Å². The molecule has 2 atom stereocenters. The molecular formula is C14H22N2. The second-order valence-corrected chi connectivity index (χ2v) is 4.80. The summed E-state index contributed by atoms with van der Waals surface area (Å²) < 4.78 is 0. The largest absolute Gasteiger partial charge is 0.318 e. The number of hydrogen-bond donors (Lipinski definition) is 1. The van der Waals surface area contributed by atoms with Crippen LogP contribution in [0.25, 0.3) is 0 Å². The Morgan fingerprint density at radius 2 is 2.12 bits per heavy atom. The highest BCUT2D eigenvalue weighted by Gasteiger charge is 2.26. The molecule has 1 aromatic carbocycles. The molecule has 1 N–H and O–H groups in total. The molecule has 2 nitrogen and oxygen atoms in total. The topological polar surface area (TPSA) is 15.3 Å². The van der Waals surface area contributed by atoms with Crippen LogP contribution in [-0.4, -0.2) is 37.6 Å². The Morgan fingerprint density at radius 1 is 1.38 bits per heavy atom. The van der Waals surface area contributed by atoms with E-state index in [0.717, 1.165) is 12.5 Å². The van der Waals surface area contributed by atoms with Gasteiger partial charge in [0, 0.05) is 19.1 Å². The van der Waals surface area contributed by atoms with E-state index >= 15 is 0 Å². The lowest BCUT2D eigenvalue weighted by Gasteiger charge is -2.24. The maximum absolute atomic E-state index is 3.26. The average molecular weight is 218 g/mol. The third kappa shape index (κ3) is 2.63. The van der Waals surface area contributed by atoms with Crippen LogP contribution in [0, 0.1) is 0 Å². The number of likely N-dealkylation sites (tertiary alicyclic amines) is 1. The molecule has 0 spiro atoms. The molecule has 0 aliphatic carbocycles. The van der Waals surface area contributed by atoms with Crippen LogP contribution in [0.2, 0.25) is 0 Å². The van der Waals surface area contributed by atoms with Gasteiger partial charge >= 0.3 is 0 Å². The predicted octanol–water partition coefficient (Wildman–Crippen LogP) is 2.08. The average Bonchev–Trinajstić information content (AvgIpc) is 2.80. The van der Waals surface area contributed by atoms with Gasteiger partial charge in [-0.25, -0.2) is 0 Å². The van der Waals surface area contributed by atoms with Crippen LogP contribution in [0.15, 0.2) is 30.3 Å². The van der Waals surface area contributed by atoms with Crippen molar-refractivity contribution in [3.8, 4) is 0 Å². The van der Waals surface area contributed by atoms with Gasteiger partial charge in [0.15, 0.2) is 0 Å². The van der Waals surface area contributed by atoms with Gasteiger partial charge < -0.3 is 5.32 Å². The highest BCUT2D eigenvalue weighted by Crippen LogP contribution is 2.27. The second kappa shape index (κ2) is 5.46. The lowest BCUT2D eigenvalue weighted by atomic mass is 9.99. The minimum absolute atomic E-state index is 0.652. The van der Waals surface area contributed by atoms with Gasteiger partial charge in [-0.1, -0.05) is 30.3 Å². The molecule has 1 heterocycles. The molecule has 0 aromatic heterocycles. The van der Waals surface area contributed by atoms with Crippen molar-refractivity contribution in [1.29, 1.82) is 0 Å². The lowest BCUT2D eigenvalue weighted by Crippen LogP contribution is -2.37. The summed E-state index contributed by atoms with van der Waals surface area (Å²) in [5.41, 5.74) is 1.50. The molecule has 1 aliphatic heterocycles. The van der Waals surface area contributed by atoms with Crippen LogP contribution in [0.1, 0.15) is 24.8 Å². The Kier molecular flexibility index (Phi) is 3.97. The molecule has 1 fully saturated rings. The van der Waals surface area contributed by atoms with Crippen LogP contribution in [0.3, 0.4) is 0 Å². The van der Waals surface area contributed by atoms with Crippen molar-refractivity contribution in [1.82, 2.24) is 10.2 Å². The third-order valence-electron chi connectivity index (χ3n) is 3.61. The van der Waals surface area contributed by atoms with Crippen LogP contribution in [0.5, 0.6) is 0 Å². The number of hydrogen-bond acceptors (Lipinski definition) is 2. The molecule has 1 saturated heterocycles. The van der Waals surface area contributed by atoms with Crippen molar-refractivity contribution in [2.24, 2.45) is 0 Å². The van der Waals surface area contributed by atoms with E-state index in [1.165, 1.54) is 25.1 Å². The Balaban J connectivity index is 1.93. The van der Waals surface area contributed by atoms with Crippen molar-refractivity contribution in [2.75, 3.05) is 26.7 Å². The first-order valence-electron chi connectivity index (χ1n) is 6.25. The van der Waals surface area contributed by atoms with Gasteiger partial charge in [-0.3, -0.25) is 4.90 Å². The zero-order valence-corrected chi connectivity index (χ0v) is 10.3. The summed E-state index contributed by atoms with van der Waals surface area (Å²) in [7, 11) is 2.03. The molecule has 2 rings (SSSR count). The van der Waals surface area contributed by atoms with E-state index < -0.39 is 0 Å². The molecule has 2 unspecified atom stereocenters. The summed E-state index contributed by atoms with van der Waals surface area (Å²) in [6.45, 7) is 5.85. The first kappa shape index (κ1) is 11.6. The number of rotatable bonds is 4. The fourth-order valence-corrected chi connectivity index (χ4v) is 2.61. The van der Waals surface area contributed by atoms with Crippen LogP contribution >= 0.6 is 0 Å². The van der Waals surface area contributed by atoms with Crippen LogP contribution < -0.4 is 5.32 Å². The molecule has 2 heteroatoms. The SMILES string of the molecule is CNCC(C)N1CCC(c2ccccc2)C1. The molecule has 0 radical (unpaired) electrons. The molecule has 1 aliphatic rings. The number of nitrogens with zero attached hydrogens (tertiary/aromatic N) is 1. The summed E-state index contributed by atoms with van der Waals surface area (Å²) >= 11 is 0. The zero-order chi connectivity index (χ0) is 11.4. The lowest BCUT2D eigenvalue weighted by molar-refractivity contribution is 0.252. The quantitative estimate of drug-likeness (QED) is 0.832. The smallest absolute Gasteiger partial charge is 0.0192 e. The summed E-state index contributed by atoms with van der Waals surface area (Å²) in [6.07, 6.45) is 1.30. The normalized spacial score (nSPS) is 23.5. The van der Waals surface area contributed by atoms with E-state index in [1.807, 2.05) is 7.05 Å². The molecular weight excluding hydrogens is 196 g/mol. The van der Waals surface area contributed by atoms with E-state index in [2.05, 4.69) is 47.5 Å². The molecule has 1 aromatic rings. The maximum atomic E-state index is 3.26. The molecule has 16 heavy (non-hydrogen) atoms. The predicted molar refractivity (Wildman–Crippen MR) is 68.8 cm³/mol. The van der Waals surface area contributed by atoms with Gasteiger partial charge in [-0.05, 0) is 38.4 Å². The van der Waals surface area contributed by atoms with Crippen molar-refractivity contribution >= 4 is 0 Å². The summed E-state index contributed by atoms with van der Waals surface area (Å²) in [5.74, 6) is 0.737. The minimum Gasteiger partial charge on any atom is -0.318 e. The number of likely N-dealkylation sites (N-methyl/N-ethyl adjacent to an activating group) is 1. The molecule has 0 bridgehead atoms. The molecule has 88 valence electrons. The Hall–Kier alpha value is -0.860. The minimum atomic E-state index is 0.652. The standard InChI is InChI=1S/C14H22N2/c1-12(10-15-2)16-9-8-14(11-16)13-6-4-3-5-7-13/h3-7,12,14-15H,8-11H2,1-2H3. The van der Waals surface area contributed by atoms with Gasteiger partial charge in [-0.15, -0.1) is 0 Å². The van der Waals surface area contributed by atoms with Gasteiger partial charge in [0.25, 0.3) is 0 Å². The van der Waals surface area contributed by atoms with Crippen molar-refractivity contribution in [3.05, 3.63) is 35.9 Å². The van der Waals surface area contributed by atoms with Crippen LogP contribution in [0.4, 0.5) is 0 Å². The highest BCUT2D eigenvalue weighted by molar-refractivity contribution is 5.21. The Morgan fingerprint density at radius 3 is 2.81 bits per heavy atom. The number of benzene rings is 1. The first-order valence-corrected chi connectivity index (χ1v) is 6.25. The van der Waals surface area contributed by atoms with E-state index in [9.17, 15) is 0 Å². The van der Waals surface area contributed by atoms with Gasteiger partial charge in [0.2, 0.25) is 0 Å². The van der Waals surface area contributed by atoms with E-state index in [4.69, 9.17) is 0 Å². The van der Waals surface area contributed by atoms with E-state index in [1.54, 1.807) is 0 Å². The maximum Gasteiger partial charge on any atom is 0.0192 e. The molecule has 0 amide bonds. The van der Waals surface area contributed by atoms with Crippen LogP contribution in [-0.2, 0) is 0 Å². The highest BCUT2D eigenvalue weighted by atomic mass is 15.2. The zero-order valence-electron chi connectivity index (χ0n) is 10.3. The summed E-state index contributed by atoms with van der Waals surface area (Å²) in [5, 5.41) is 3.26. The van der Waals surface area contributed by atoms with Gasteiger partial charge in [0.1, 0.15) is 0 Å². The second-order valence-electron chi connectivity index (χ2n) is 4.80. The Bertz CT molecular complexity index is 310. The summed E-state index contributed by atoms with van der Waals surface area (Å²) in [4.78, 5) is 2.59. The van der Waals surface area contributed by atoms with Crippen molar-refractivity contribution in [2.45, 2.75) is 25.3 Å². The van der Waals surface area contributed by atoms with E-state index in [0.29, 0.717) is 6.04 Å². The fourth-order valence-electron chi connectivity index (χ4n) is 2.61.